The molecule has 0 aliphatic heterocycles. The number of nitriles is 1. The summed E-state index contributed by atoms with van der Waals surface area (Å²) in [5.41, 5.74) is -0.200. The van der Waals surface area contributed by atoms with Crippen LogP contribution < -0.4 is 10.5 Å². The van der Waals surface area contributed by atoms with Crippen molar-refractivity contribution in [3.05, 3.63) is 15.9 Å². The SMILES string of the molecule is CCCCN(C)c1[nH][nH]c(=O)c1C#N. The van der Waals surface area contributed by atoms with E-state index in [9.17, 15) is 4.79 Å². The van der Waals surface area contributed by atoms with Gasteiger partial charge in [0.2, 0.25) is 0 Å². The van der Waals surface area contributed by atoms with Crippen LogP contribution in [0.2, 0.25) is 0 Å². The largest absolute Gasteiger partial charge is 0.359 e. The van der Waals surface area contributed by atoms with Crippen molar-refractivity contribution in [3.8, 4) is 6.07 Å². The van der Waals surface area contributed by atoms with Crippen LogP contribution in [0.4, 0.5) is 5.82 Å². The number of H-pyrrole nitrogens is 2. The Morgan fingerprint density at radius 1 is 1.50 bits per heavy atom. The van der Waals surface area contributed by atoms with E-state index in [1.807, 2.05) is 18.0 Å². The van der Waals surface area contributed by atoms with Crippen LogP contribution in [0.3, 0.4) is 0 Å². The molecular weight excluding hydrogens is 180 g/mol. The van der Waals surface area contributed by atoms with Gasteiger partial charge in [-0.2, -0.15) is 5.26 Å². The van der Waals surface area contributed by atoms with E-state index >= 15 is 0 Å². The lowest BCUT2D eigenvalue weighted by Gasteiger charge is -2.16. The highest BCUT2D eigenvalue weighted by molar-refractivity contribution is 5.51. The molecule has 0 unspecified atom stereocenters. The Hall–Kier alpha value is -1.70. The molecule has 1 heterocycles. The van der Waals surface area contributed by atoms with Crippen molar-refractivity contribution in [3.63, 3.8) is 0 Å². The number of nitrogens with zero attached hydrogens (tertiary/aromatic N) is 2. The lowest BCUT2D eigenvalue weighted by Crippen LogP contribution is -2.20. The Balaban J connectivity index is 2.85. The summed E-state index contributed by atoms with van der Waals surface area (Å²) in [6.07, 6.45) is 2.12. The Kier molecular flexibility index (Phi) is 3.35. The van der Waals surface area contributed by atoms with Gasteiger partial charge in [-0.15, -0.1) is 0 Å². The molecule has 0 spiro atoms. The molecule has 0 aromatic carbocycles. The van der Waals surface area contributed by atoms with Crippen molar-refractivity contribution >= 4 is 5.82 Å². The number of hydrogen-bond donors (Lipinski definition) is 2. The van der Waals surface area contributed by atoms with Crippen LogP contribution >= 0.6 is 0 Å². The quantitative estimate of drug-likeness (QED) is 0.744. The van der Waals surface area contributed by atoms with Gasteiger partial charge < -0.3 is 4.90 Å². The topological polar surface area (TPSA) is 75.7 Å². The van der Waals surface area contributed by atoms with Gasteiger partial charge in [0.25, 0.3) is 5.56 Å². The first-order chi connectivity index (χ1) is 6.70. The van der Waals surface area contributed by atoms with Gasteiger partial charge in [0, 0.05) is 13.6 Å². The summed E-state index contributed by atoms with van der Waals surface area (Å²) in [7, 11) is 1.86. The van der Waals surface area contributed by atoms with Crippen LogP contribution in [0, 0.1) is 11.3 Å². The molecule has 1 rings (SSSR count). The summed E-state index contributed by atoms with van der Waals surface area (Å²) in [6.45, 7) is 2.93. The fourth-order valence-electron chi connectivity index (χ4n) is 1.25. The summed E-state index contributed by atoms with van der Waals surface area (Å²) in [4.78, 5) is 13.0. The average molecular weight is 194 g/mol. The molecule has 5 nitrogen and oxygen atoms in total. The summed E-state index contributed by atoms with van der Waals surface area (Å²) in [5.74, 6) is 0.575. The van der Waals surface area contributed by atoms with Crippen LogP contribution in [0.25, 0.3) is 0 Å². The third-order valence-corrected chi connectivity index (χ3v) is 2.10. The maximum absolute atomic E-state index is 11.1. The predicted molar refractivity (Wildman–Crippen MR) is 54.3 cm³/mol. The van der Waals surface area contributed by atoms with Gasteiger partial charge in [0.1, 0.15) is 11.9 Å². The first-order valence-electron chi connectivity index (χ1n) is 4.62. The van der Waals surface area contributed by atoms with Crippen LogP contribution in [0.1, 0.15) is 25.3 Å². The number of aromatic nitrogens is 2. The van der Waals surface area contributed by atoms with E-state index in [2.05, 4.69) is 17.1 Å². The number of anilines is 1. The molecule has 0 aliphatic rings. The highest BCUT2D eigenvalue weighted by atomic mass is 16.1. The highest BCUT2D eigenvalue weighted by Gasteiger charge is 2.12. The fourth-order valence-corrected chi connectivity index (χ4v) is 1.25. The third kappa shape index (κ3) is 1.96. The Labute approximate surface area is 82.3 Å². The summed E-state index contributed by atoms with van der Waals surface area (Å²) in [5, 5.41) is 13.8. The first-order valence-corrected chi connectivity index (χ1v) is 4.62. The molecule has 1 aromatic rings. The minimum Gasteiger partial charge on any atom is -0.359 e. The van der Waals surface area contributed by atoms with Gasteiger partial charge >= 0.3 is 0 Å². The van der Waals surface area contributed by atoms with E-state index in [1.54, 1.807) is 0 Å². The van der Waals surface area contributed by atoms with Crippen LogP contribution in [-0.2, 0) is 0 Å². The zero-order valence-electron chi connectivity index (χ0n) is 8.42. The van der Waals surface area contributed by atoms with Crippen molar-refractivity contribution < 1.29 is 0 Å². The number of unbranched alkanes of at least 4 members (excludes halogenated alkanes) is 1. The van der Waals surface area contributed by atoms with E-state index in [-0.39, 0.29) is 11.1 Å². The second-order valence-electron chi connectivity index (χ2n) is 3.19. The van der Waals surface area contributed by atoms with Crippen molar-refractivity contribution in [2.24, 2.45) is 0 Å². The number of hydrogen-bond acceptors (Lipinski definition) is 3. The molecule has 0 aliphatic carbocycles. The van der Waals surface area contributed by atoms with Gasteiger partial charge in [-0.25, -0.2) is 0 Å². The van der Waals surface area contributed by atoms with E-state index in [0.717, 1.165) is 19.4 Å². The molecule has 0 bridgehead atoms. The van der Waals surface area contributed by atoms with Crippen LogP contribution in [0.15, 0.2) is 4.79 Å². The van der Waals surface area contributed by atoms with E-state index in [4.69, 9.17) is 5.26 Å². The molecule has 0 atom stereocenters. The predicted octanol–water partition coefficient (Wildman–Crippen LogP) is 0.811. The summed E-state index contributed by atoms with van der Waals surface area (Å²) in [6, 6.07) is 1.88. The maximum atomic E-state index is 11.1. The van der Waals surface area contributed by atoms with E-state index < -0.39 is 0 Å². The van der Waals surface area contributed by atoms with Gasteiger partial charge in [-0.3, -0.25) is 15.0 Å². The normalized spacial score (nSPS) is 9.79. The van der Waals surface area contributed by atoms with Crippen LogP contribution in [-0.4, -0.2) is 23.8 Å². The Morgan fingerprint density at radius 3 is 2.79 bits per heavy atom. The summed E-state index contributed by atoms with van der Waals surface area (Å²) < 4.78 is 0. The average Bonchev–Trinajstić information content (AvgIpc) is 2.55. The highest BCUT2D eigenvalue weighted by Crippen LogP contribution is 2.10. The second kappa shape index (κ2) is 4.51. The molecule has 2 N–H and O–H groups in total. The third-order valence-electron chi connectivity index (χ3n) is 2.10. The minimum atomic E-state index is -0.356. The molecule has 0 amide bonds. The van der Waals surface area contributed by atoms with Crippen molar-refractivity contribution in [2.75, 3.05) is 18.5 Å². The van der Waals surface area contributed by atoms with Gasteiger partial charge in [-0.1, -0.05) is 13.3 Å². The molecule has 5 heteroatoms. The van der Waals surface area contributed by atoms with Crippen molar-refractivity contribution in [2.45, 2.75) is 19.8 Å². The second-order valence-corrected chi connectivity index (χ2v) is 3.19. The number of aromatic amines is 2. The lowest BCUT2D eigenvalue weighted by atomic mass is 10.3. The number of rotatable bonds is 4. The molecule has 1 aromatic heterocycles. The van der Waals surface area contributed by atoms with Crippen molar-refractivity contribution in [1.82, 2.24) is 10.2 Å². The van der Waals surface area contributed by atoms with E-state index in [0.29, 0.717) is 5.82 Å². The van der Waals surface area contributed by atoms with Gasteiger partial charge in [0.15, 0.2) is 5.56 Å². The molecule has 0 saturated heterocycles. The summed E-state index contributed by atoms with van der Waals surface area (Å²) >= 11 is 0. The fraction of sp³-hybridized carbons (Fsp3) is 0.556. The molecule has 14 heavy (non-hydrogen) atoms. The molecule has 0 radical (unpaired) electrons. The van der Waals surface area contributed by atoms with Crippen LogP contribution in [0.5, 0.6) is 0 Å². The Morgan fingerprint density at radius 2 is 2.21 bits per heavy atom. The monoisotopic (exact) mass is 194 g/mol. The smallest absolute Gasteiger partial charge is 0.284 e. The molecule has 0 saturated carbocycles. The van der Waals surface area contributed by atoms with Gasteiger partial charge in [0.05, 0.1) is 0 Å². The Bertz CT molecular complexity index is 384. The molecular formula is C9H14N4O. The van der Waals surface area contributed by atoms with E-state index in [1.165, 1.54) is 0 Å². The van der Waals surface area contributed by atoms with Gasteiger partial charge in [-0.05, 0) is 6.42 Å². The van der Waals surface area contributed by atoms with Crippen molar-refractivity contribution in [1.29, 1.82) is 5.26 Å². The standard InChI is InChI=1S/C9H14N4O/c1-3-4-5-13(2)8-7(6-10)9(14)12-11-8/h3-5H2,1-2H3,(H2,11,12,14). The molecule has 0 fully saturated rings. The zero-order chi connectivity index (χ0) is 10.6. The maximum Gasteiger partial charge on any atom is 0.284 e. The molecule has 76 valence electrons. The first kappa shape index (κ1) is 10.4. The number of nitrogens with one attached hydrogen (secondary N) is 2. The minimum absolute atomic E-state index is 0.156. The lowest BCUT2D eigenvalue weighted by molar-refractivity contribution is 0.757. The zero-order valence-corrected chi connectivity index (χ0v) is 8.42.